The molecule has 0 aliphatic carbocycles. The summed E-state index contributed by atoms with van der Waals surface area (Å²) >= 11 is 7.48. The third-order valence-corrected chi connectivity index (χ3v) is 6.24. The first-order chi connectivity index (χ1) is 16.0. The Hall–Kier alpha value is -3.88. The zero-order chi connectivity index (χ0) is 22.9. The number of nitrogens with zero attached hydrogens (tertiary/aromatic N) is 1. The minimum atomic E-state index is -0.380. The summed E-state index contributed by atoms with van der Waals surface area (Å²) in [5.74, 6) is 0.174. The van der Waals surface area contributed by atoms with E-state index in [4.69, 9.17) is 20.4 Å². The molecule has 2 amide bonds. The largest absolute Gasteiger partial charge is 0.459 e. The number of rotatable bonds is 5. The van der Waals surface area contributed by atoms with E-state index in [-0.39, 0.29) is 23.3 Å². The van der Waals surface area contributed by atoms with Gasteiger partial charge in [-0.05, 0) is 61.0 Å². The number of furan rings is 2. The Kier molecular flexibility index (Phi) is 5.45. The van der Waals surface area contributed by atoms with Crippen LogP contribution >= 0.6 is 22.9 Å². The van der Waals surface area contributed by atoms with Crippen molar-refractivity contribution in [2.45, 2.75) is 6.92 Å². The van der Waals surface area contributed by atoms with Crippen LogP contribution < -0.4 is 10.6 Å². The smallest absolute Gasteiger partial charge is 0.293 e. The van der Waals surface area contributed by atoms with Crippen LogP contribution in [0.1, 0.15) is 26.7 Å². The van der Waals surface area contributed by atoms with E-state index in [1.54, 1.807) is 48.5 Å². The first kappa shape index (κ1) is 21.0. The molecule has 33 heavy (non-hydrogen) atoms. The van der Waals surface area contributed by atoms with Gasteiger partial charge in [0.2, 0.25) is 0 Å². The molecule has 5 aromatic rings. The minimum absolute atomic E-state index is 0.178. The van der Waals surface area contributed by atoms with Crippen LogP contribution in [-0.2, 0) is 0 Å². The predicted octanol–water partition coefficient (Wildman–Crippen LogP) is 6.62. The van der Waals surface area contributed by atoms with E-state index < -0.39 is 0 Å². The number of halogens is 1. The summed E-state index contributed by atoms with van der Waals surface area (Å²) in [5, 5.41) is 6.60. The Morgan fingerprint density at radius 2 is 1.82 bits per heavy atom. The normalized spacial score (nSPS) is 11.0. The Morgan fingerprint density at radius 3 is 2.61 bits per heavy atom. The van der Waals surface area contributed by atoms with Crippen LogP contribution in [0.3, 0.4) is 0 Å². The van der Waals surface area contributed by atoms with Crippen molar-refractivity contribution in [3.8, 4) is 11.3 Å². The molecule has 0 aliphatic heterocycles. The molecule has 3 aromatic heterocycles. The monoisotopic (exact) mass is 477 g/mol. The van der Waals surface area contributed by atoms with Gasteiger partial charge in [-0.3, -0.25) is 14.9 Å². The maximum Gasteiger partial charge on any atom is 0.293 e. The third-order valence-electron chi connectivity index (χ3n) is 4.90. The molecule has 0 unspecified atom stereocenters. The van der Waals surface area contributed by atoms with Crippen molar-refractivity contribution in [3.63, 3.8) is 0 Å². The van der Waals surface area contributed by atoms with Gasteiger partial charge in [-0.1, -0.05) is 35.1 Å². The van der Waals surface area contributed by atoms with E-state index in [0.717, 1.165) is 15.8 Å². The molecule has 0 aliphatic rings. The Bertz CT molecular complexity index is 1490. The number of thiazole rings is 1. The molecule has 164 valence electrons. The van der Waals surface area contributed by atoms with E-state index in [1.165, 1.54) is 17.6 Å². The van der Waals surface area contributed by atoms with Crippen LogP contribution in [0, 0.1) is 6.92 Å². The van der Waals surface area contributed by atoms with E-state index in [0.29, 0.717) is 27.1 Å². The number of nitrogens with one attached hydrogen (secondary N) is 2. The second-order valence-electron chi connectivity index (χ2n) is 7.21. The van der Waals surface area contributed by atoms with Gasteiger partial charge in [0.05, 0.1) is 16.5 Å². The van der Waals surface area contributed by atoms with Crippen molar-refractivity contribution in [3.05, 3.63) is 89.0 Å². The Balaban J connectivity index is 1.30. The van der Waals surface area contributed by atoms with Crippen molar-refractivity contribution < 1.29 is 18.4 Å². The molecule has 0 bridgehead atoms. The van der Waals surface area contributed by atoms with Gasteiger partial charge in [0.1, 0.15) is 5.76 Å². The maximum absolute atomic E-state index is 12.7. The first-order valence-electron chi connectivity index (χ1n) is 9.89. The number of hydrogen-bond acceptors (Lipinski definition) is 6. The average Bonchev–Trinajstić information content (AvgIpc) is 3.55. The zero-order valence-corrected chi connectivity index (χ0v) is 18.8. The van der Waals surface area contributed by atoms with Gasteiger partial charge < -0.3 is 14.2 Å². The second kappa shape index (κ2) is 8.57. The summed E-state index contributed by atoms with van der Waals surface area (Å²) in [5.41, 5.74) is 3.03. The Morgan fingerprint density at radius 1 is 0.970 bits per heavy atom. The molecule has 3 heterocycles. The molecule has 7 nitrogen and oxygen atoms in total. The highest BCUT2D eigenvalue weighted by Gasteiger charge is 2.15. The number of amides is 2. The molecular formula is C24H16ClN3O4S. The highest BCUT2D eigenvalue weighted by Crippen LogP contribution is 2.30. The van der Waals surface area contributed by atoms with E-state index >= 15 is 0 Å². The van der Waals surface area contributed by atoms with E-state index in [2.05, 4.69) is 15.6 Å². The molecular weight excluding hydrogens is 462 g/mol. The van der Waals surface area contributed by atoms with Gasteiger partial charge in [0, 0.05) is 16.3 Å². The topological polar surface area (TPSA) is 97.4 Å². The van der Waals surface area contributed by atoms with Gasteiger partial charge in [-0.2, -0.15) is 0 Å². The lowest BCUT2D eigenvalue weighted by Gasteiger charge is -2.03. The number of benzene rings is 2. The molecule has 0 fully saturated rings. The van der Waals surface area contributed by atoms with Gasteiger partial charge >= 0.3 is 0 Å². The van der Waals surface area contributed by atoms with Crippen molar-refractivity contribution in [1.82, 2.24) is 4.98 Å². The third kappa shape index (κ3) is 4.39. The number of carbonyl (C=O) groups excluding carboxylic acids is 2. The summed E-state index contributed by atoms with van der Waals surface area (Å²) in [4.78, 5) is 29.2. The van der Waals surface area contributed by atoms with Gasteiger partial charge in [-0.15, -0.1) is 0 Å². The fourth-order valence-electron chi connectivity index (χ4n) is 3.18. The number of anilines is 2. The number of carbonyl (C=O) groups is 2. The molecule has 2 N–H and O–H groups in total. The summed E-state index contributed by atoms with van der Waals surface area (Å²) in [6, 6.07) is 17.4. The standard InChI is InChI=1S/C24H16ClN3O4S/c1-13-4-5-14(11-16(13)25)18-8-9-20(32-18)23(30)26-15-6-7-17-21(12-15)33-24(27-17)28-22(29)19-3-2-10-31-19/h2-12H,1H3,(H,26,30)(H,27,28,29). The number of aryl methyl sites for hydroxylation is 1. The van der Waals surface area contributed by atoms with Crippen LogP contribution in [0.25, 0.3) is 21.5 Å². The average molecular weight is 478 g/mol. The molecule has 0 saturated carbocycles. The molecule has 5 rings (SSSR count). The van der Waals surface area contributed by atoms with Crippen LogP contribution in [0.4, 0.5) is 10.8 Å². The molecule has 9 heteroatoms. The molecule has 0 atom stereocenters. The quantitative estimate of drug-likeness (QED) is 0.296. The lowest BCUT2D eigenvalue weighted by atomic mass is 10.1. The summed E-state index contributed by atoms with van der Waals surface area (Å²) in [7, 11) is 0. The fourth-order valence-corrected chi connectivity index (χ4v) is 4.26. The second-order valence-corrected chi connectivity index (χ2v) is 8.65. The maximum atomic E-state index is 12.7. The molecule has 0 spiro atoms. The van der Waals surface area contributed by atoms with Crippen molar-refractivity contribution in [2.24, 2.45) is 0 Å². The van der Waals surface area contributed by atoms with E-state index in [1.807, 2.05) is 19.1 Å². The van der Waals surface area contributed by atoms with Crippen molar-refractivity contribution >= 4 is 55.8 Å². The lowest BCUT2D eigenvalue weighted by molar-refractivity contribution is 0.0989. The zero-order valence-electron chi connectivity index (χ0n) is 17.2. The van der Waals surface area contributed by atoms with Crippen LogP contribution in [0.5, 0.6) is 0 Å². The molecule has 2 aromatic carbocycles. The van der Waals surface area contributed by atoms with Crippen LogP contribution in [-0.4, -0.2) is 16.8 Å². The lowest BCUT2D eigenvalue weighted by Crippen LogP contribution is -2.10. The summed E-state index contributed by atoms with van der Waals surface area (Å²) in [6.45, 7) is 1.92. The van der Waals surface area contributed by atoms with Gasteiger partial charge in [0.25, 0.3) is 11.8 Å². The summed E-state index contributed by atoms with van der Waals surface area (Å²) < 4.78 is 11.6. The highest BCUT2D eigenvalue weighted by molar-refractivity contribution is 7.22. The van der Waals surface area contributed by atoms with Crippen molar-refractivity contribution in [2.75, 3.05) is 10.6 Å². The van der Waals surface area contributed by atoms with Crippen LogP contribution in [0.2, 0.25) is 5.02 Å². The highest BCUT2D eigenvalue weighted by atomic mass is 35.5. The number of hydrogen-bond donors (Lipinski definition) is 2. The van der Waals surface area contributed by atoms with Crippen LogP contribution in [0.15, 0.2) is 75.8 Å². The SMILES string of the molecule is Cc1ccc(-c2ccc(C(=O)Nc3ccc4nc(NC(=O)c5ccco5)sc4c3)o2)cc1Cl. The number of fused-ring (bicyclic) bond motifs is 1. The molecule has 0 radical (unpaired) electrons. The van der Waals surface area contributed by atoms with Gasteiger partial charge in [0.15, 0.2) is 16.7 Å². The fraction of sp³-hybridized carbons (Fsp3) is 0.0417. The first-order valence-corrected chi connectivity index (χ1v) is 11.1. The van der Waals surface area contributed by atoms with Crippen molar-refractivity contribution in [1.29, 1.82) is 0 Å². The Labute approximate surface area is 197 Å². The minimum Gasteiger partial charge on any atom is -0.459 e. The van der Waals surface area contributed by atoms with Gasteiger partial charge in [-0.25, -0.2) is 4.98 Å². The number of aromatic nitrogens is 1. The molecule has 0 saturated heterocycles. The predicted molar refractivity (Wildman–Crippen MR) is 128 cm³/mol. The summed E-state index contributed by atoms with van der Waals surface area (Å²) in [6.07, 6.45) is 1.43. The van der Waals surface area contributed by atoms with E-state index in [9.17, 15) is 9.59 Å².